The van der Waals surface area contributed by atoms with Crippen LogP contribution in [0.25, 0.3) is 5.57 Å². The summed E-state index contributed by atoms with van der Waals surface area (Å²) in [5.74, 6) is -0.405. The van der Waals surface area contributed by atoms with Gasteiger partial charge in [-0.15, -0.1) is 0 Å². The Labute approximate surface area is 201 Å². The maximum atomic E-state index is 13.7. The van der Waals surface area contributed by atoms with Crippen LogP contribution in [0.4, 0.5) is 0 Å². The molecule has 0 saturated heterocycles. The third-order valence-electron chi connectivity index (χ3n) is 6.38. The van der Waals surface area contributed by atoms with E-state index in [1.54, 1.807) is 12.4 Å². The van der Waals surface area contributed by atoms with Crippen molar-refractivity contribution in [3.8, 4) is 0 Å². The zero-order valence-corrected chi connectivity index (χ0v) is 20.1. The molecule has 1 aliphatic heterocycles. The molecule has 2 heterocycles. The van der Waals surface area contributed by atoms with Gasteiger partial charge in [-0.05, 0) is 68.0 Å². The minimum Gasteiger partial charge on any atom is -0.366 e. The minimum absolute atomic E-state index is 0.201. The Morgan fingerprint density at radius 1 is 0.853 bits per heavy atom. The van der Waals surface area contributed by atoms with Crippen molar-refractivity contribution in [2.75, 3.05) is 19.6 Å². The highest BCUT2D eigenvalue weighted by Crippen LogP contribution is 2.34. The Morgan fingerprint density at radius 3 is 2.24 bits per heavy atom. The fourth-order valence-electron chi connectivity index (χ4n) is 4.52. The maximum Gasteiger partial charge on any atom is 0.277 e. The number of rotatable bonds is 9. The maximum absolute atomic E-state index is 13.7. The second kappa shape index (κ2) is 10.5. The van der Waals surface area contributed by atoms with Crippen LogP contribution in [0.1, 0.15) is 34.7 Å². The van der Waals surface area contributed by atoms with Crippen LogP contribution in [-0.2, 0) is 22.4 Å². The van der Waals surface area contributed by atoms with Crippen molar-refractivity contribution >= 4 is 17.4 Å². The Balaban J connectivity index is 1.68. The Morgan fingerprint density at radius 2 is 1.56 bits per heavy atom. The molecule has 174 valence electrons. The molecule has 0 saturated carbocycles. The second-order valence-corrected chi connectivity index (χ2v) is 8.72. The van der Waals surface area contributed by atoms with Crippen molar-refractivity contribution in [3.05, 3.63) is 107 Å². The highest BCUT2D eigenvalue weighted by molar-refractivity contribution is 6.35. The number of amides is 2. The van der Waals surface area contributed by atoms with Gasteiger partial charge in [-0.3, -0.25) is 19.5 Å². The molecule has 0 N–H and O–H groups in total. The third kappa shape index (κ3) is 4.93. The van der Waals surface area contributed by atoms with Crippen molar-refractivity contribution in [2.24, 2.45) is 0 Å². The van der Waals surface area contributed by atoms with Gasteiger partial charge in [-0.25, -0.2) is 0 Å². The van der Waals surface area contributed by atoms with Gasteiger partial charge in [0, 0.05) is 32.0 Å². The predicted molar refractivity (Wildman–Crippen MR) is 135 cm³/mol. The summed E-state index contributed by atoms with van der Waals surface area (Å²) >= 11 is 0. The van der Waals surface area contributed by atoms with E-state index in [1.165, 1.54) is 4.90 Å². The highest BCUT2D eigenvalue weighted by atomic mass is 16.2. The molecule has 0 bridgehead atoms. The van der Waals surface area contributed by atoms with Crippen LogP contribution in [0.5, 0.6) is 0 Å². The first-order valence-corrected chi connectivity index (χ1v) is 11.9. The number of nitrogens with zero attached hydrogens (tertiary/aromatic N) is 3. The number of benzene rings is 2. The van der Waals surface area contributed by atoms with Gasteiger partial charge < -0.3 is 4.90 Å². The van der Waals surface area contributed by atoms with Gasteiger partial charge in [-0.1, -0.05) is 54.1 Å². The van der Waals surface area contributed by atoms with Crippen molar-refractivity contribution in [1.29, 1.82) is 0 Å². The van der Waals surface area contributed by atoms with Gasteiger partial charge >= 0.3 is 0 Å². The summed E-state index contributed by atoms with van der Waals surface area (Å²) in [4.78, 5) is 35.0. The molecular formula is C29H31N3O2. The first-order valence-electron chi connectivity index (χ1n) is 11.9. The second-order valence-electron chi connectivity index (χ2n) is 8.72. The molecule has 34 heavy (non-hydrogen) atoms. The predicted octanol–water partition coefficient (Wildman–Crippen LogP) is 4.59. The molecule has 0 spiro atoms. The van der Waals surface area contributed by atoms with E-state index in [9.17, 15) is 9.59 Å². The number of aromatic nitrogens is 1. The average molecular weight is 454 g/mol. The molecular weight excluding hydrogens is 422 g/mol. The third-order valence-corrected chi connectivity index (χ3v) is 6.38. The zero-order chi connectivity index (χ0) is 24.1. The Kier molecular flexibility index (Phi) is 7.21. The van der Waals surface area contributed by atoms with E-state index in [1.807, 2.05) is 75.4 Å². The number of carbonyl (C=O) groups excluding carboxylic acids is 2. The van der Waals surface area contributed by atoms with Crippen LogP contribution in [0.3, 0.4) is 0 Å². The number of aryl methyl sites for hydroxylation is 2. The van der Waals surface area contributed by atoms with Gasteiger partial charge in [0.15, 0.2) is 0 Å². The van der Waals surface area contributed by atoms with Crippen LogP contribution >= 0.6 is 0 Å². The largest absolute Gasteiger partial charge is 0.366 e. The van der Waals surface area contributed by atoms with Gasteiger partial charge in [0.25, 0.3) is 11.8 Å². The van der Waals surface area contributed by atoms with E-state index >= 15 is 0 Å². The van der Waals surface area contributed by atoms with E-state index in [4.69, 9.17) is 0 Å². The van der Waals surface area contributed by atoms with Gasteiger partial charge in [0.2, 0.25) is 0 Å². The highest BCUT2D eigenvalue weighted by Gasteiger charge is 2.41. The van der Waals surface area contributed by atoms with Crippen LogP contribution in [0.2, 0.25) is 0 Å². The van der Waals surface area contributed by atoms with Gasteiger partial charge in [0.1, 0.15) is 5.70 Å². The molecule has 2 aromatic carbocycles. The lowest BCUT2D eigenvalue weighted by Crippen LogP contribution is -2.37. The fourth-order valence-corrected chi connectivity index (χ4v) is 4.52. The molecule has 5 heteroatoms. The van der Waals surface area contributed by atoms with E-state index < -0.39 is 0 Å². The summed E-state index contributed by atoms with van der Waals surface area (Å²) in [6.45, 7) is 7.72. The van der Waals surface area contributed by atoms with Crippen molar-refractivity contribution < 1.29 is 9.59 Å². The van der Waals surface area contributed by atoms with Crippen LogP contribution in [0.15, 0.2) is 78.8 Å². The quantitative estimate of drug-likeness (QED) is 0.445. The summed E-state index contributed by atoms with van der Waals surface area (Å²) < 4.78 is 0. The molecule has 4 rings (SSSR count). The van der Waals surface area contributed by atoms with Gasteiger partial charge in [0.05, 0.1) is 5.57 Å². The van der Waals surface area contributed by atoms with Crippen LogP contribution in [0, 0.1) is 13.8 Å². The number of carbonyl (C=O) groups is 2. The van der Waals surface area contributed by atoms with E-state index in [0.29, 0.717) is 37.3 Å². The van der Waals surface area contributed by atoms with Crippen molar-refractivity contribution in [1.82, 2.24) is 14.8 Å². The monoisotopic (exact) mass is 453 g/mol. The number of hydrogen-bond donors (Lipinski definition) is 0. The summed E-state index contributed by atoms with van der Waals surface area (Å²) in [5, 5.41) is 0. The van der Waals surface area contributed by atoms with Crippen molar-refractivity contribution in [3.63, 3.8) is 0 Å². The molecule has 0 radical (unpaired) electrons. The lowest BCUT2D eigenvalue weighted by Gasteiger charge is -2.25. The molecule has 0 aliphatic carbocycles. The first-order chi connectivity index (χ1) is 16.5. The normalized spacial score (nSPS) is 13.7. The fraction of sp³-hybridized carbons (Fsp3) is 0.276. The van der Waals surface area contributed by atoms with Crippen LogP contribution < -0.4 is 0 Å². The average Bonchev–Trinajstić information content (AvgIpc) is 3.09. The SMILES string of the molecule is CCN(CCc1ccncc1)C1=C(c2ccc(C)cc2C)C(=O)N(CCc2ccccc2)C1=O. The summed E-state index contributed by atoms with van der Waals surface area (Å²) in [6.07, 6.45) is 4.96. The summed E-state index contributed by atoms with van der Waals surface area (Å²) in [7, 11) is 0. The molecule has 5 nitrogen and oxygen atoms in total. The molecule has 1 aromatic heterocycles. The van der Waals surface area contributed by atoms with Crippen molar-refractivity contribution in [2.45, 2.75) is 33.6 Å². The first kappa shape index (κ1) is 23.4. The number of hydrogen-bond acceptors (Lipinski definition) is 4. The summed E-state index contributed by atoms with van der Waals surface area (Å²) in [5.41, 5.74) is 6.27. The zero-order valence-electron chi connectivity index (χ0n) is 20.1. The van der Waals surface area contributed by atoms with E-state index in [-0.39, 0.29) is 11.8 Å². The standard InChI is InChI=1S/C29H31N3O2/c1-4-31(18-14-24-12-16-30-17-13-24)27-26(25-11-10-21(2)20-22(25)3)28(33)32(29(27)34)19-15-23-8-6-5-7-9-23/h5-13,16-17,20H,4,14-15,18-19H2,1-3H3. The number of pyridine rings is 1. The van der Waals surface area contributed by atoms with E-state index in [2.05, 4.69) is 16.0 Å². The molecule has 0 atom stereocenters. The van der Waals surface area contributed by atoms with Crippen LogP contribution in [-0.4, -0.2) is 46.2 Å². The smallest absolute Gasteiger partial charge is 0.277 e. The minimum atomic E-state index is -0.203. The number of imide groups is 1. The Hall–Kier alpha value is -3.73. The molecule has 2 amide bonds. The lowest BCUT2D eigenvalue weighted by molar-refractivity contribution is -0.137. The molecule has 0 fully saturated rings. The lowest BCUT2D eigenvalue weighted by atomic mass is 9.97. The number of likely N-dealkylation sites (N-methyl/N-ethyl adjacent to an activating group) is 1. The molecule has 3 aromatic rings. The topological polar surface area (TPSA) is 53.5 Å². The summed E-state index contributed by atoms with van der Waals surface area (Å²) in [6, 6.07) is 20.0. The van der Waals surface area contributed by atoms with Gasteiger partial charge in [-0.2, -0.15) is 0 Å². The molecule has 0 unspecified atom stereocenters. The molecule has 1 aliphatic rings. The Bertz CT molecular complexity index is 1200. The van der Waals surface area contributed by atoms with E-state index in [0.717, 1.165) is 34.2 Å².